The van der Waals surface area contributed by atoms with Gasteiger partial charge in [-0.1, -0.05) is 0 Å². The van der Waals surface area contributed by atoms with E-state index in [9.17, 15) is 22.4 Å². The number of aromatic nitrogens is 1. The first kappa shape index (κ1) is 19.1. The van der Waals surface area contributed by atoms with Crippen LogP contribution < -0.4 is 15.4 Å². The number of nitrogens with one attached hydrogen (secondary N) is 2. The Kier molecular flexibility index (Phi) is 5.59. The Morgan fingerprint density at radius 3 is 2.70 bits per heavy atom. The minimum atomic E-state index is -4.51. The first-order valence-corrected chi connectivity index (χ1v) is 8.35. The van der Waals surface area contributed by atoms with Crippen LogP contribution in [0.2, 0.25) is 0 Å². The van der Waals surface area contributed by atoms with Gasteiger partial charge in [0.1, 0.15) is 0 Å². The molecule has 1 unspecified atom stereocenters. The Balaban J connectivity index is 1.61. The number of benzene rings is 1. The van der Waals surface area contributed by atoms with Crippen LogP contribution in [0.1, 0.15) is 24.8 Å². The lowest BCUT2D eigenvalue weighted by Gasteiger charge is -2.12. The fraction of sp³-hybridized carbons (Fsp3) is 0.333. The van der Waals surface area contributed by atoms with Crippen LogP contribution >= 0.6 is 0 Å². The molecular weight excluding hydrogens is 366 g/mol. The Bertz CT molecular complexity index is 803. The molecule has 2 N–H and O–H groups in total. The number of ether oxygens (including phenoxy) is 1. The number of carbonyl (C=O) groups is 1. The first-order chi connectivity index (χ1) is 12.8. The van der Waals surface area contributed by atoms with Gasteiger partial charge in [0.05, 0.1) is 5.56 Å². The van der Waals surface area contributed by atoms with Crippen molar-refractivity contribution in [2.24, 2.45) is 0 Å². The zero-order valence-corrected chi connectivity index (χ0v) is 14.1. The van der Waals surface area contributed by atoms with E-state index in [1.165, 1.54) is 12.1 Å². The molecule has 27 heavy (non-hydrogen) atoms. The molecule has 0 saturated carbocycles. The number of amides is 1. The van der Waals surface area contributed by atoms with E-state index in [0.717, 1.165) is 37.6 Å². The van der Waals surface area contributed by atoms with E-state index in [-0.39, 0.29) is 29.3 Å². The molecule has 9 heteroatoms. The van der Waals surface area contributed by atoms with Gasteiger partial charge in [-0.15, -0.1) is 0 Å². The van der Waals surface area contributed by atoms with Crippen molar-refractivity contribution in [2.75, 3.05) is 11.9 Å². The number of hydrogen-bond donors (Lipinski definition) is 2. The monoisotopic (exact) mass is 383 g/mol. The van der Waals surface area contributed by atoms with E-state index in [0.29, 0.717) is 12.6 Å². The number of alkyl halides is 3. The molecule has 1 aromatic heterocycles. The number of nitrogens with zero attached hydrogens (tertiary/aromatic N) is 1. The maximum Gasteiger partial charge on any atom is 0.417 e. The van der Waals surface area contributed by atoms with Crippen molar-refractivity contribution in [3.05, 3.63) is 47.9 Å². The van der Waals surface area contributed by atoms with E-state index < -0.39 is 17.6 Å². The SMILES string of the molecule is O=C(CC1CCCN1)Nc1ccc(Oc2ccc(C(F)(F)F)cn2)c(F)c1. The standard InChI is InChI=1S/C18H17F4N3O2/c19-14-8-13(25-16(26)9-12-2-1-7-23-12)4-5-15(14)27-17-6-3-11(10-24-17)18(20,21)22/h3-6,8,10,12,23H,1-2,7,9H2,(H,25,26). The molecule has 1 atom stereocenters. The molecule has 1 aliphatic heterocycles. The van der Waals surface area contributed by atoms with Crippen molar-refractivity contribution >= 4 is 11.6 Å². The normalized spacial score (nSPS) is 17.0. The smallest absolute Gasteiger partial charge is 0.417 e. The van der Waals surface area contributed by atoms with Gasteiger partial charge in [-0.25, -0.2) is 9.37 Å². The summed E-state index contributed by atoms with van der Waals surface area (Å²) in [6.07, 6.45) is -1.65. The molecule has 1 amide bonds. The summed E-state index contributed by atoms with van der Waals surface area (Å²) in [6, 6.07) is 5.74. The minimum Gasteiger partial charge on any atom is -0.436 e. The zero-order valence-electron chi connectivity index (χ0n) is 14.1. The number of halogens is 4. The number of anilines is 1. The molecular formula is C18H17F4N3O2. The highest BCUT2D eigenvalue weighted by atomic mass is 19.4. The van der Waals surface area contributed by atoms with Crippen LogP contribution in [0.5, 0.6) is 11.6 Å². The molecule has 1 fully saturated rings. The Morgan fingerprint density at radius 1 is 1.30 bits per heavy atom. The summed E-state index contributed by atoms with van der Waals surface area (Å²) in [4.78, 5) is 15.5. The Labute approximate surface area is 152 Å². The zero-order chi connectivity index (χ0) is 19.4. The third kappa shape index (κ3) is 5.16. The average molecular weight is 383 g/mol. The Hall–Kier alpha value is -2.68. The van der Waals surface area contributed by atoms with E-state index >= 15 is 0 Å². The maximum atomic E-state index is 14.2. The molecule has 1 aliphatic rings. The molecule has 0 radical (unpaired) electrons. The van der Waals surface area contributed by atoms with Crippen LogP contribution in [0.15, 0.2) is 36.5 Å². The summed E-state index contributed by atoms with van der Waals surface area (Å²) in [5.41, 5.74) is -0.659. The number of rotatable bonds is 5. The highest BCUT2D eigenvalue weighted by Gasteiger charge is 2.30. The highest BCUT2D eigenvalue weighted by molar-refractivity contribution is 5.91. The summed E-state index contributed by atoms with van der Waals surface area (Å²) < 4.78 is 56.9. The second kappa shape index (κ2) is 7.91. The summed E-state index contributed by atoms with van der Waals surface area (Å²) in [7, 11) is 0. The van der Waals surface area contributed by atoms with Gasteiger partial charge in [0.2, 0.25) is 11.8 Å². The molecule has 2 aromatic rings. The van der Waals surface area contributed by atoms with Crippen molar-refractivity contribution < 1.29 is 27.1 Å². The van der Waals surface area contributed by atoms with Gasteiger partial charge < -0.3 is 15.4 Å². The second-order valence-corrected chi connectivity index (χ2v) is 6.18. The second-order valence-electron chi connectivity index (χ2n) is 6.18. The lowest BCUT2D eigenvalue weighted by atomic mass is 10.1. The van der Waals surface area contributed by atoms with Gasteiger partial charge in [-0.3, -0.25) is 4.79 Å². The number of hydrogen-bond acceptors (Lipinski definition) is 4. The van der Waals surface area contributed by atoms with E-state index in [1.54, 1.807) is 0 Å². The Morgan fingerprint density at radius 2 is 2.11 bits per heavy atom. The van der Waals surface area contributed by atoms with Crippen molar-refractivity contribution in [1.29, 1.82) is 0 Å². The van der Waals surface area contributed by atoms with Crippen LogP contribution in [0.25, 0.3) is 0 Å². The van der Waals surface area contributed by atoms with Crippen molar-refractivity contribution in [3.8, 4) is 11.6 Å². The van der Waals surface area contributed by atoms with Crippen LogP contribution in [-0.4, -0.2) is 23.5 Å². The predicted molar refractivity (Wildman–Crippen MR) is 90.0 cm³/mol. The van der Waals surface area contributed by atoms with Gasteiger partial charge in [0.25, 0.3) is 0 Å². The molecule has 1 aromatic carbocycles. The third-order valence-corrected chi connectivity index (χ3v) is 4.09. The molecule has 144 valence electrons. The lowest BCUT2D eigenvalue weighted by Crippen LogP contribution is -2.27. The highest BCUT2D eigenvalue weighted by Crippen LogP contribution is 2.31. The molecule has 1 saturated heterocycles. The molecule has 2 heterocycles. The summed E-state index contributed by atoms with van der Waals surface area (Å²) >= 11 is 0. The molecule has 0 aliphatic carbocycles. The van der Waals surface area contributed by atoms with Gasteiger partial charge in [0.15, 0.2) is 11.6 Å². The van der Waals surface area contributed by atoms with Crippen LogP contribution in [0.3, 0.4) is 0 Å². The molecule has 0 bridgehead atoms. The lowest BCUT2D eigenvalue weighted by molar-refractivity contribution is -0.137. The van der Waals surface area contributed by atoms with Crippen molar-refractivity contribution in [2.45, 2.75) is 31.5 Å². The average Bonchev–Trinajstić information content (AvgIpc) is 3.10. The van der Waals surface area contributed by atoms with Crippen LogP contribution in [0, 0.1) is 5.82 Å². The summed E-state index contributed by atoms with van der Waals surface area (Å²) in [6.45, 7) is 0.886. The first-order valence-electron chi connectivity index (χ1n) is 8.35. The van der Waals surface area contributed by atoms with Crippen molar-refractivity contribution in [3.63, 3.8) is 0 Å². The van der Waals surface area contributed by atoms with E-state index in [1.807, 2.05) is 0 Å². The van der Waals surface area contributed by atoms with Crippen LogP contribution in [0.4, 0.5) is 23.2 Å². The summed E-state index contributed by atoms with van der Waals surface area (Å²) in [5, 5.41) is 5.81. The third-order valence-electron chi connectivity index (χ3n) is 4.09. The minimum absolute atomic E-state index is 0.128. The molecule has 5 nitrogen and oxygen atoms in total. The summed E-state index contributed by atoms with van der Waals surface area (Å²) in [5.74, 6) is -1.39. The van der Waals surface area contributed by atoms with E-state index in [2.05, 4.69) is 15.6 Å². The molecule has 0 spiro atoms. The fourth-order valence-corrected chi connectivity index (χ4v) is 2.75. The van der Waals surface area contributed by atoms with Gasteiger partial charge in [-0.2, -0.15) is 13.2 Å². The van der Waals surface area contributed by atoms with Gasteiger partial charge in [-0.05, 0) is 37.6 Å². The quantitative estimate of drug-likeness (QED) is 0.763. The van der Waals surface area contributed by atoms with E-state index in [4.69, 9.17) is 4.74 Å². The topological polar surface area (TPSA) is 63.2 Å². The van der Waals surface area contributed by atoms with Crippen molar-refractivity contribution in [1.82, 2.24) is 10.3 Å². The predicted octanol–water partition coefficient (Wildman–Crippen LogP) is 4.11. The van der Waals surface area contributed by atoms with Gasteiger partial charge >= 0.3 is 6.18 Å². The maximum absolute atomic E-state index is 14.2. The molecule has 3 rings (SSSR count). The largest absolute Gasteiger partial charge is 0.436 e. The van der Waals surface area contributed by atoms with Crippen LogP contribution in [-0.2, 0) is 11.0 Å². The van der Waals surface area contributed by atoms with Gasteiger partial charge in [0, 0.05) is 36.5 Å². The number of carbonyl (C=O) groups excluding carboxylic acids is 1. The number of pyridine rings is 1. The fourth-order valence-electron chi connectivity index (χ4n) is 2.75.